The Labute approximate surface area is 273 Å². The minimum Gasteiger partial charge on any atom is -0.354 e. The van der Waals surface area contributed by atoms with E-state index in [0.29, 0.717) is 23.6 Å². The maximum Gasteiger partial charge on any atom is 0.264 e. The molecule has 4 aromatic rings. The molecule has 0 heterocycles. The topological polar surface area (TPSA) is 86.8 Å². The summed E-state index contributed by atoms with van der Waals surface area (Å²) in [5, 5.41) is 3.50. The number of sulfonamides is 1. The number of nitrogens with zero attached hydrogens (tertiary/aromatic N) is 2. The third kappa shape index (κ3) is 8.84. The van der Waals surface area contributed by atoms with Gasteiger partial charge in [-0.15, -0.1) is 0 Å². The normalized spacial score (nSPS) is 11.9. The number of carbonyl (C=O) groups excluding carboxylic acids is 2. The number of anilines is 1. The number of hydrogen-bond acceptors (Lipinski definition) is 4. The zero-order chi connectivity index (χ0) is 32.6. The summed E-state index contributed by atoms with van der Waals surface area (Å²) in [5.74, 6) is -1.60. The summed E-state index contributed by atoms with van der Waals surface area (Å²) in [4.78, 5) is 29.3. The van der Waals surface area contributed by atoms with Crippen LogP contribution in [0.3, 0.4) is 0 Å². The van der Waals surface area contributed by atoms with Crippen molar-refractivity contribution in [2.45, 2.75) is 44.2 Å². The van der Waals surface area contributed by atoms with Gasteiger partial charge in [-0.3, -0.25) is 13.9 Å². The van der Waals surface area contributed by atoms with Crippen molar-refractivity contribution in [3.8, 4) is 0 Å². The fourth-order valence-electron chi connectivity index (χ4n) is 4.73. The van der Waals surface area contributed by atoms with Crippen molar-refractivity contribution in [3.63, 3.8) is 0 Å². The summed E-state index contributed by atoms with van der Waals surface area (Å²) in [6, 6.07) is 24.3. The van der Waals surface area contributed by atoms with Crippen LogP contribution in [-0.2, 0) is 32.6 Å². The van der Waals surface area contributed by atoms with E-state index in [1.54, 1.807) is 42.5 Å². The first-order valence-corrected chi connectivity index (χ1v) is 16.6. The van der Waals surface area contributed by atoms with Crippen LogP contribution in [0.25, 0.3) is 0 Å². The van der Waals surface area contributed by atoms with Crippen LogP contribution < -0.4 is 9.62 Å². The molecule has 0 spiro atoms. The molecule has 236 valence electrons. The second-order valence-corrected chi connectivity index (χ2v) is 13.2. The summed E-state index contributed by atoms with van der Waals surface area (Å²) in [5.41, 5.74) is 2.54. The van der Waals surface area contributed by atoms with Crippen LogP contribution in [0.4, 0.5) is 10.1 Å². The van der Waals surface area contributed by atoms with Gasteiger partial charge in [-0.2, -0.15) is 0 Å². The molecule has 0 aromatic heterocycles. The lowest BCUT2D eigenvalue weighted by Gasteiger charge is -2.34. The van der Waals surface area contributed by atoms with Crippen LogP contribution in [0, 0.1) is 12.7 Å². The van der Waals surface area contributed by atoms with Crippen LogP contribution in [0.1, 0.15) is 30.0 Å². The molecule has 4 aromatic carbocycles. The van der Waals surface area contributed by atoms with Gasteiger partial charge in [0, 0.05) is 19.5 Å². The highest BCUT2D eigenvalue weighted by Crippen LogP contribution is 2.27. The first-order valence-electron chi connectivity index (χ1n) is 14.4. The quantitative estimate of drug-likeness (QED) is 0.170. The Morgan fingerprint density at radius 1 is 0.867 bits per heavy atom. The van der Waals surface area contributed by atoms with Crippen molar-refractivity contribution < 1.29 is 22.4 Å². The SMILES string of the molecule is CCCNC(=O)C(Cc1ccccc1)N(Cc1ccc(Cl)c(Cl)c1)C(=O)CN(c1ccc(C)cc1)S(=O)(=O)c1ccc(F)cc1. The molecule has 0 fully saturated rings. The van der Waals surface area contributed by atoms with E-state index < -0.39 is 34.3 Å². The maximum absolute atomic E-state index is 14.4. The Hall–Kier alpha value is -3.92. The summed E-state index contributed by atoms with van der Waals surface area (Å²) < 4.78 is 42.7. The largest absolute Gasteiger partial charge is 0.354 e. The van der Waals surface area contributed by atoms with E-state index in [9.17, 15) is 22.4 Å². The Kier molecular flexibility index (Phi) is 11.6. The summed E-state index contributed by atoms with van der Waals surface area (Å²) in [7, 11) is -4.34. The highest BCUT2D eigenvalue weighted by atomic mass is 35.5. The Morgan fingerprint density at radius 3 is 2.16 bits per heavy atom. The Balaban J connectivity index is 1.80. The van der Waals surface area contributed by atoms with Crippen molar-refractivity contribution in [2.75, 3.05) is 17.4 Å². The van der Waals surface area contributed by atoms with Crippen LogP contribution in [0.2, 0.25) is 10.0 Å². The molecule has 0 bridgehead atoms. The molecule has 0 radical (unpaired) electrons. The monoisotopic (exact) mass is 669 g/mol. The highest BCUT2D eigenvalue weighted by molar-refractivity contribution is 7.92. The van der Waals surface area contributed by atoms with Crippen molar-refractivity contribution in [2.24, 2.45) is 0 Å². The first kappa shape index (κ1) is 34.0. The minimum absolute atomic E-state index is 0.0505. The standard InChI is InChI=1S/C34H34Cl2FN3O4S/c1-3-19-38-34(42)32(21-25-7-5-4-6-8-25)39(22-26-11-18-30(35)31(36)20-26)33(41)23-40(28-14-9-24(2)10-15-28)45(43,44)29-16-12-27(37)13-17-29/h4-18,20,32H,3,19,21-23H2,1-2H3,(H,38,42). The van der Waals surface area contributed by atoms with E-state index in [4.69, 9.17) is 23.2 Å². The van der Waals surface area contributed by atoms with Crippen LogP contribution in [0.15, 0.2) is 102 Å². The molecule has 2 amide bonds. The highest BCUT2D eigenvalue weighted by Gasteiger charge is 2.34. The molecule has 0 aliphatic heterocycles. The van der Waals surface area contributed by atoms with E-state index in [1.807, 2.05) is 44.2 Å². The lowest BCUT2D eigenvalue weighted by Crippen LogP contribution is -2.53. The number of aryl methyl sites for hydroxylation is 1. The van der Waals surface area contributed by atoms with E-state index in [-0.39, 0.29) is 34.5 Å². The van der Waals surface area contributed by atoms with Crippen LogP contribution in [0.5, 0.6) is 0 Å². The molecule has 45 heavy (non-hydrogen) atoms. The van der Waals surface area contributed by atoms with Crippen molar-refractivity contribution >= 4 is 50.7 Å². The molecule has 0 saturated heterocycles. The number of benzene rings is 4. The average molecular weight is 671 g/mol. The molecular formula is C34H34Cl2FN3O4S. The second kappa shape index (κ2) is 15.4. The van der Waals surface area contributed by atoms with Crippen LogP contribution in [-0.4, -0.2) is 44.3 Å². The number of nitrogens with one attached hydrogen (secondary N) is 1. The predicted octanol–water partition coefficient (Wildman–Crippen LogP) is 6.80. The molecule has 1 N–H and O–H groups in total. The zero-order valence-corrected chi connectivity index (χ0v) is 27.2. The summed E-state index contributed by atoms with van der Waals surface area (Å²) in [6.45, 7) is 3.50. The number of carbonyl (C=O) groups is 2. The van der Waals surface area contributed by atoms with E-state index in [1.165, 1.54) is 4.90 Å². The smallest absolute Gasteiger partial charge is 0.264 e. The van der Waals surface area contributed by atoms with Gasteiger partial charge in [0.1, 0.15) is 18.4 Å². The fourth-order valence-corrected chi connectivity index (χ4v) is 6.46. The van der Waals surface area contributed by atoms with Crippen molar-refractivity contribution in [3.05, 3.63) is 130 Å². The van der Waals surface area contributed by atoms with Gasteiger partial charge >= 0.3 is 0 Å². The van der Waals surface area contributed by atoms with Gasteiger partial charge < -0.3 is 10.2 Å². The fraction of sp³-hybridized carbons (Fsp3) is 0.235. The number of halogens is 3. The number of amides is 2. The number of rotatable bonds is 13. The molecule has 11 heteroatoms. The van der Waals surface area contributed by atoms with Crippen molar-refractivity contribution in [1.29, 1.82) is 0 Å². The van der Waals surface area contributed by atoms with Gasteiger partial charge in [-0.05, 0) is 73.0 Å². The first-order chi connectivity index (χ1) is 21.5. The third-order valence-electron chi connectivity index (χ3n) is 7.16. The lowest BCUT2D eigenvalue weighted by atomic mass is 10.0. The Bertz CT molecular complexity index is 1720. The second-order valence-electron chi connectivity index (χ2n) is 10.6. The van der Waals surface area contributed by atoms with Crippen LogP contribution >= 0.6 is 23.2 Å². The van der Waals surface area contributed by atoms with Gasteiger partial charge in [-0.25, -0.2) is 12.8 Å². The van der Waals surface area contributed by atoms with E-state index in [0.717, 1.165) is 39.7 Å². The van der Waals surface area contributed by atoms with E-state index in [2.05, 4.69) is 5.32 Å². The van der Waals surface area contributed by atoms with Gasteiger partial charge in [0.2, 0.25) is 11.8 Å². The van der Waals surface area contributed by atoms with Gasteiger partial charge in [0.15, 0.2) is 0 Å². The average Bonchev–Trinajstić information content (AvgIpc) is 3.03. The molecular weight excluding hydrogens is 636 g/mol. The molecule has 4 rings (SSSR count). The van der Waals surface area contributed by atoms with E-state index >= 15 is 0 Å². The third-order valence-corrected chi connectivity index (χ3v) is 9.69. The van der Waals surface area contributed by atoms with Gasteiger partial charge in [0.05, 0.1) is 20.6 Å². The molecule has 0 aliphatic rings. The van der Waals surface area contributed by atoms with Crippen molar-refractivity contribution in [1.82, 2.24) is 10.2 Å². The molecule has 1 atom stereocenters. The number of hydrogen-bond donors (Lipinski definition) is 1. The maximum atomic E-state index is 14.4. The zero-order valence-electron chi connectivity index (χ0n) is 24.9. The molecule has 7 nitrogen and oxygen atoms in total. The minimum atomic E-state index is -4.34. The molecule has 1 unspecified atom stereocenters. The predicted molar refractivity (Wildman–Crippen MR) is 176 cm³/mol. The summed E-state index contributed by atoms with van der Waals surface area (Å²) >= 11 is 12.5. The lowest BCUT2D eigenvalue weighted by molar-refractivity contribution is -0.140. The van der Waals surface area contributed by atoms with Gasteiger partial charge in [-0.1, -0.05) is 84.2 Å². The molecule has 0 saturated carbocycles. The molecule has 0 aliphatic carbocycles. The Morgan fingerprint density at radius 2 is 1.53 bits per heavy atom. The van der Waals surface area contributed by atoms with Gasteiger partial charge in [0.25, 0.3) is 10.0 Å². The summed E-state index contributed by atoms with van der Waals surface area (Å²) in [6.07, 6.45) is 0.861.